The maximum absolute atomic E-state index is 13.1. The van der Waals surface area contributed by atoms with Gasteiger partial charge in [0.25, 0.3) is 0 Å². The molecule has 10 heteroatoms. The summed E-state index contributed by atoms with van der Waals surface area (Å²) in [7, 11) is 3.78. The van der Waals surface area contributed by atoms with Gasteiger partial charge in [0.1, 0.15) is 5.60 Å². The van der Waals surface area contributed by atoms with Gasteiger partial charge in [-0.25, -0.2) is 14.8 Å². The normalized spacial score (nSPS) is 16.6. The minimum atomic E-state index is -0.616. The number of carbonyl (C=O) groups excluding carboxylic acids is 1. The maximum atomic E-state index is 13.1. The summed E-state index contributed by atoms with van der Waals surface area (Å²) in [6.45, 7) is 7.32. The maximum Gasteiger partial charge on any atom is 0.408 e. The minimum Gasteiger partial charge on any atom is -0.444 e. The standard InChI is InChI=1S/C29H36N8O2/c1-29(2,3)39-28(38)35-25(21-10-7-11-30-13-21)26-24(23-15-33-37(5)18-23)16-31-27(34-26)20-9-6-8-19(12-20)22-14-32-36(4)17-22/h6,8-9,12,14-18,21,25,30H,7,10-11,13H2,1-5H3,(H,35,38). The summed E-state index contributed by atoms with van der Waals surface area (Å²) >= 11 is 0. The van der Waals surface area contributed by atoms with E-state index in [0.29, 0.717) is 5.82 Å². The van der Waals surface area contributed by atoms with Gasteiger partial charge in [-0.15, -0.1) is 0 Å². The number of ether oxygens (including phenoxy) is 1. The molecule has 4 aromatic rings. The molecule has 204 valence electrons. The Bertz CT molecular complexity index is 1450. The number of nitrogens with one attached hydrogen (secondary N) is 2. The van der Waals surface area contributed by atoms with Gasteiger partial charge in [-0.05, 0) is 57.7 Å². The Kier molecular flexibility index (Phi) is 7.47. The van der Waals surface area contributed by atoms with Crippen LogP contribution in [0.1, 0.15) is 45.3 Å². The van der Waals surface area contributed by atoms with Crippen LogP contribution in [0, 0.1) is 5.92 Å². The molecule has 2 unspecified atom stereocenters. The number of aromatic nitrogens is 6. The van der Waals surface area contributed by atoms with E-state index < -0.39 is 11.7 Å². The van der Waals surface area contributed by atoms with E-state index in [4.69, 9.17) is 14.7 Å². The molecule has 2 N–H and O–H groups in total. The van der Waals surface area contributed by atoms with Crippen LogP contribution >= 0.6 is 0 Å². The lowest BCUT2D eigenvalue weighted by atomic mass is 9.87. The zero-order chi connectivity index (χ0) is 27.6. The van der Waals surface area contributed by atoms with Crippen molar-refractivity contribution >= 4 is 6.09 Å². The lowest BCUT2D eigenvalue weighted by Gasteiger charge is -2.33. The monoisotopic (exact) mass is 528 g/mol. The Hall–Kier alpha value is -4.05. The number of piperidine rings is 1. The van der Waals surface area contributed by atoms with Crippen LogP contribution < -0.4 is 10.6 Å². The first-order valence-electron chi connectivity index (χ1n) is 13.3. The molecule has 0 bridgehead atoms. The summed E-state index contributed by atoms with van der Waals surface area (Å²) in [6, 6.07) is 7.73. The van der Waals surface area contributed by atoms with Crippen molar-refractivity contribution in [2.24, 2.45) is 20.0 Å². The number of benzene rings is 1. The smallest absolute Gasteiger partial charge is 0.408 e. The average molecular weight is 529 g/mol. The molecule has 10 nitrogen and oxygen atoms in total. The van der Waals surface area contributed by atoms with Crippen LogP contribution in [-0.4, -0.2) is 54.3 Å². The van der Waals surface area contributed by atoms with Crippen LogP contribution in [0.2, 0.25) is 0 Å². The zero-order valence-electron chi connectivity index (χ0n) is 23.2. The summed E-state index contributed by atoms with van der Waals surface area (Å²) in [4.78, 5) is 23.0. The molecule has 2 atom stereocenters. The molecule has 0 aliphatic carbocycles. The number of hydrogen-bond acceptors (Lipinski definition) is 7. The van der Waals surface area contributed by atoms with E-state index in [1.54, 1.807) is 15.6 Å². The van der Waals surface area contributed by atoms with E-state index in [0.717, 1.165) is 59.4 Å². The molecular formula is C29H36N8O2. The highest BCUT2D eigenvalue weighted by molar-refractivity contribution is 5.73. The SMILES string of the molecule is Cn1cc(-c2cccc(-c3ncc(-c4cnn(C)c4)c(C(NC(=O)OC(C)(C)C)C4CCCNC4)n3)c2)cn1. The average Bonchev–Trinajstić information content (AvgIpc) is 3.55. The van der Waals surface area contributed by atoms with Crippen molar-refractivity contribution in [2.75, 3.05) is 13.1 Å². The molecule has 1 saturated heterocycles. The van der Waals surface area contributed by atoms with Gasteiger partial charge in [0.15, 0.2) is 5.82 Å². The fraction of sp³-hybridized carbons (Fsp3) is 0.414. The highest BCUT2D eigenvalue weighted by Gasteiger charge is 2.32. The van der Waals surface area contributed by atoms with E-state index in [1.807, 2.05) is 77.9 Å². The first-order chi connectivity index (χ1) is 18.7. The van der Waals surface area contributed by atoms with E-state index in [2.05, 4.69) is 26.9 Å². The van der Waals surface area contributed by atoms with E-state index in [-0.39, 0.29) is 12.0 Å². The number of carbonyl (C=O) groups is 1. The number of amides is 1. The molecule has 0 saturated carbocycles. The molecule has 1 fully saturated rings. The summed E-state index contributed by atoms with van der Waals surface area (Å²) < 4.78 is 9.21. The van der Waals surface area contributed by atoms with Crippen molar-refractivity contribution in [3.05, 3.63) is 60.9 Å². The molecule has 3 aromatic heterocycles. The summed E-state index contributed by atoms with van der Waals surface area (Å²) in [5.74, 6) is 0.717. The fourth-order valence-corrected chi connectivity index (χ4v) is 4.97. The van der Waals surface area contributed by atoms with E-state index in [1.165, 1.54) is 0 Å². The number of nitrogens with zero attached hydrogens (tertiary/aromatic N) is 6. The van der Waals surface area contributed by atoms with Crippen molar-refractivity contribution in [3.8, 4) is 33.6 Å². The summed E-state index contributed by atoms with van der Waals surface area (Å²) in [5, 5.41) is 15.3. The second kappa shape index (κ2) is 11.0. The van der Waals surface area contributed by atoms with Crippen molar-refractivity contribution in [1.29, 1.82) is 0 Å². The number of rotatable bonds is 6. The van der Waals surface area contributed by atoms with Gasteiger partial charge in [-0.1, -0.05) is 18.2 Å². The quantitative estimate of drug-likeness (QED) is 0.379. The molecule has 1 aromatic carbocycles. The lowest BCUT2D eigenvalue weighted by molar-refractivity contribution is 0.0477. The molecule has 0 radical (unpaired) electrons. The third-order valence-electron chi connectivity index (χ3n) is 6.77. The van der Waals surface area contributed by atoms with Gasteiger partial charge in [-0.2, -0.15) is 10.2 Å². The van der Waals surface area contributed by atoms with Gasteiger partial charge in [0, 0.05) is 61.5 Å². The van der Waals surface area contributed by atoms with Crippen LogP contribution in [0.5, 0.6) is 0 Å². The Morgan fingerprint density at radius 2 is 1.77 bits per heavy atom. The third kappa shape index (κ3) is 6.34. The van der Waals surface area contributed by atoms with Crippen molar-refractivity contribution in [2.45, 2.75) is 45.3 Å². The second-order valence-electron chi connectivity index (χ2n) is 11.1. The third-order valence-corrected chi connectivity index (χ3v) is 6.77. The molecule has 1 amide bonds. The Morgan fingerprint density at radius 1 is 1.05 bits per heavy atom. The Morgan fingerprint density at radius 3 is 2.41 bits per heavy atom. The largest absolute Gasteiger partial charge is 0.444 e. The summed E-state index contributed by atoms with van der Waals surface area (Å²) in [5.41, 5.74) is 4.79. The van der Waals surface area contributed by atoms with Crippen molar-refractivity contribution in [1.82, 2.24) is 40.2 Å². The molecular weight excluding hydrogens is 492 g/mol. The van der Waals surface area contributed by atoms with Gasteiger partial charge in [0.05, 0.1) is 24.1 Å². The molecule has 1 aliphatic rings. The Balaban J connectivity index is 1.60. The van der Waals surface area contributed by atoms with Crippen molar-refractivity contribution < 1.29 is 9.53 Å². The van der Waals surface area contributed by atoms with Crippen LogP contribution in [0.4, 0.5) is 4.79 Å². The topological polar surface area (TPSA) is 112 Å². The lowest BCUT2D eigenvalue weighted by Crippen LogP contribution is -2.43. The van der Waals surface area contributed by atoms with Gasteiger partial charge in [0.2, 0.25) is 0 Å². The Labute approximate surface area is 228 Å². The first-order valence-corrected chi connectivity index (χ1v) is 13.3. The van der Waals surface area contributed by atoms with E-state index >= 15 is 0 Å². The predicted octanol–water partition coefficient (Wildman–Crippen LogP) is 4.51. The first kappa shape index (κ1) is 26.6. The van der Waals surface area contributed by atoms with E-state index in [9.17, 15) is 4.79 Å². The number of alkyl carbamates (subject to hydrolysis) is 1. The minimum absolute atomic E-state index is 0.131. The van der Waals surface area contributed by atoms with Crippen LogP contribution in [0.3, 0.4) is 0 Å². The van der Waals surface area contributed by atoms with Crippen molar-refractivity contribution in [3.63, 3.8) is 0 Å². The van der Waals surface area contributed by atoms with Gasteiger partial charge < -0.3 is 15.4 Å². The highest BCUT2D eigenvalue weighted by Crippen LogP contribution is 2.35. The zero-order valence-corrected chi connectivity index (χ0v) is 23.2. The predicted molar refractivity (Wildman–Crippen MR) is 150 cm³/mol. The van der Waals surface area contributed by atoms with Crippen LogP contribution in [-0.2, 0) is 18.8 Å². The number of aryl methyl sites for hydroxylation is 2. The van der Waals surface area contributed by atoms with Gasteiger partial charge in [-0.3, -0.25) is 9.36 Å². The van der Waals surface area contributed by atoms with Gasteiger partial charge >= 0.3 is 6.09 Å². The molecule has 39 heavy (non-hydrogen) atoms. The molecule has 5 rings (SSSR count). The molecule has 1 aliphatic heterocycles. The number of hydrogen-bond donors (Lipinski definition) is 2. The fourth-order valence-electron chi connectivity index (χ4n) is 4.97. The second-order valence-corrected chi connectivity index (χ2v) is 11.1. The summed E-state index contributed by atoms with van der Waals surface area (Å²) in [6.07, 6.45) is 10.9. The molecule has 0 spiro atoms. The highest BCUT2D eigenvalue weighted by atomic mass is 16.6. The van der Waals surface area contributed by atoms with Crippen LogP contribution in [0.15, 0.2) is 55.2 Å². The molecule has 4 heterocycles. The van der Waals surface area contributed by atoms with Crippen LogP contribution in [0.25, 0.3) is 33.6 Å².